The van der Waals surface area contributed by atoms with Gasteiger partial charge in [0.2, 0.25) is 0 Å². The minimum atomic E-state index is -0.0614. The van der Waals surface area contributed by atoms with Gasteiger partial charge in [-0.25, -0.2) is 0 Å². The van der Waals surface area contributed by atoms with Gasteiger partial charge >= 0.3 is 0 Å². The van der Waals surface area contributed by atoms with E-state index in [1.54, 1.807) is 20.2 Å². The number of benzene rings is 1. The van der Waals surface area contributed by atoms with Crippen molar-refractivity contribution in [1.29, 1.82) is 0 Å². The maximum Gasteiger partial charge on any atom is 0.254 e. The summed E-state index contributed by atoms with van der Waals surface area (Å²) in [5, 5.41) is 0.543. The molecule has 0 bridgehead atoms. The van der Waals surface area contributed by atoms with Crippen molar-refractivity contribution in [3.05, 3.63) is 34.3 Å². The van der Waals surface area contributed by atoms with Crippen LogP contribution >= 0.6 is 11.6 Å². The average molecular weight is 198 g/mol. The first-order valence-electron chi connectivity index (χ1n) is 4.01. The Balaban J connectivity index is 3.15. The van der Waals surface area contributed by atoms with Crippen molar-refractivity contribution in [2.45, 2.75) is 6.92 Å². The molecule has 1 aromatic rings. The summed E-state index contributed by atoms with van der Waals surface area (Å²) in [5.74, 6) is -0.0614. The standard InChI is InChI=1S/C10H12ClNO/c1-7-5-4-6-8(9(7)11)10(13)12(2)3/h4-6H,1-3H3. The van der Waals surface area contributed by atoms with Crippen molar-refractivity contribution >= 4 is 17.5 Å². The molecule has 0 saturated heterocycles. The molecular weight excluding hydrogens is 186 g/mol. The van der Waals surface area contributed by atoms with Gasteiger partial charge in [0.1, 0.15) is 0 Å². The van der Waals surface area contributed by atoms with Crippen molar-refractivity contribution in [2.24, 2.45) is 0 Å². The third kappa shape index (κ3) is 2.01. The number of hydrogen-bond acceptors (Lipinski definition) is 1. The van der Waals surface area contributed by atoms with Gasteiger partial charge < -0.3 is 4.90 Å². The van der Waals surface area contributed by atoms with Gasteiger partial charge in [-0.2, -0.15) is 0 Å². The van der Waals surface area contributed by atoms with Crippen LogP contribution in [0.5, 0.6) is 0 Å². The first-order valence-corrected chi connectivity index (χ1v) is 4.38. The minimum Gasteiger partial charge on any atom is -0.345 e. The van der Waals surface area contributed by atoms with Crippen molar-refractivity contribution in [2.75, 3.05) is 14.1 Å². The fraction of sp³-hybridized carbons (Fsp3) is 0.300. The molecule has 0 heterocycles. The number of carbonyl (C=O) groups is 1. The van der Waals surface area contributed by atoms with Crippen molar-refractivity contribution in [3.8, 4) is 0 Å². The fourth-order valence-corrected chi connectivity index (χ4v) is 1.26. The van der Waals surface area contributed by atoms with Crippen LogP contribution in [-0.2, 0) is 0 Å². The number of amides is 1. The molecule has 0 radical (unpaired) electrons. The molecule has 0 saturated carbocycles. The molecule has 0 atom stereocenters. The number of hydrogen-bond donors (Lipinski definition) is 0. The van der Waals surface area contributed by atoms with Crippen molar-refractivity contribution < 1.29 is 4.79 Å². The summed E-state index contributed by atoms with van der Waals surface area (Å²) in [6.45, 7) is 1.88. The van der Waals surface area contributed by atoms with Gasteiger partial charge in [-0.3, -0.25) is 4.79 Å². The lowest BCUT2D eigenvalue weighted by molar-refractivity contribution is 0.0827. The number of nitrogens with zero attached hydrogens (tertiary/aromatic N) is 1. The van der Waals surface area contributed by atoms with E-state index in [-0.39, 0.29) is 5.91 Å². The Kier molecular flexibility index (Phi) is 2.94. The molecule has 0 aliphatic carbocycles. The Morgan fingerprint density at radius 2 is 2.00 bits per heavy atom. The highest BCUT2D eigenvalue weighted by molar-refractivity contribution is 6.34. The lowest BCUT2D eigenvalue weighted by Gasteiger charge is -2.12. The molecule has 13 heavy (non-hydrogen) atoms. The predicted octanol–water partition coefficient (Wildman–Crippen LogP) is 2.35. The number of carbonyl (C=O) groups excluding carboxylic acids is 1. The Morgan fingerprint density at radius 1 is 1.38 bits per heavy atom. The first kappa shape index (κ1) is 10.1. The van der Waals surface area contributed by atoms with Crippen LogP contribution in [0, 0.1) is 6.92 Å². The first-order chi connectivity index (χ1) is 6.04. The number of aryl methyl sites for hydroxylation is 1. The fourth-order valence-electron chi connectivity index (χ4n) is 1.05. The summed E-state index contributed by atoms with van der Waals surface area (Å²) < 4.78 is 0. The molecule has 70 valence electrons. The van der Waals surface area contributed by atoms with Gasteiger partial charge in [0.25, 0.3) is 5.91 Å². The Hall–Kier alpha value is -1.02. The molecule has 0 aromatic heterocycles. The zero-order chi connectivity index (χ0) is 10.0. The van der Waals surface area contributed by atoms with E-state index in [4.69, 9.17) is 11.6 Å². The summed E-state index contributed by atoms with van der Waals surface area (Å²) in [5.41, 5.74) is 1.49. The van der Waals surface area contributed by atoms with E-state index in [0.29, 0.717) is 10.6 Å². The van der Waals surface area contributed by atoms with Gasteiger partial charge in [-0.05, 0) is 18.6 Å². The topological polar surface area (TPSA) is 20.3 Å². The maximum atomic E-state index is 11.6. The molecule has 1 aromatic carbocycles. The Morgan fingerprint density at radius 3 is 2.54 bits per heavy atom. The van der Waals surface area contributed by atoms with E-state index in [0.717, 1.165) is 5.56 Å². The molecule has 1 rings (SSSR count). The van der Waals surface area contributed by atoms with E-state index in [2.05, 4.69) is 0 Å². The third-order valence-corrected chi connectivity index (χ3v) is 2.33. The van der Waals surface area contributed by atoms with Crippen LogP contribution in [0.15, 0.2) is 18.2 Å². The molecular formula is C10H12ClNO. The lowest BCUT2D eigenvalue weighted by atomic mass is 10.1. The summed E-state index contributed by atoms with van der Waals surface area (Å²) in [4.78, 5) is 13.1. The molecule has 0 spiro atoms. The van der Waals surface area contributed by atoms with Gasteiger partial charge in [0.15, 0.2) is 0 Å². The number of halogens is 1. The van der Waals surface area contributed by atoms with Crippen LogP contribution in [0.4, 0.5) is 0 Å². The van der Waals surface area contributed by atoms with E-state index in [1.165, 1.54) is 4.90 Å². The largest absolute Gasteiger partial charge is 0.345 e. The summed E-state index contributed by atoms with van der Waals surface area (Å²) >= 11 is 5.98. The molecule has 3 heteroatoms. The van der Waals surface area contributed by atoms with Crippen LogP contribution < -0.4 is 0 Å². The van der Waals surface area contributed by atoms with E-state index < -0.39 is 0 Å². The van der Waals surface area contributed by atoms with Gasteiger partial charge in [0.05, 0.1) is 10.6 Å². The smallest absolute Gasteiger partial charge is 0.254 e. The second-order valence-corrected chi connectivity index (χ2v) is 3.51. The highest BCUT2D eigenvalue weighted by Gasteiger charge is 2.12. The SMILES string of the molecule is Cc1cccc(C(=O)N(C)C)c1Cl. The molecule has 0 N–H and O–H groups in total. The Labute approximate surface area is 83.1 Å². The van der Waals surface area contributed by atoms with Crippen LogP contribution in [-0.4, -0.2) is 24.9 Å². The molecule has 0 fully saturated rings. The minimum absolute atomic E-state index is 0.0614. The zero-order valence-corrected chi connectivity index (χ0v) is 8.72. The molecule has 0 unspecified atom stereocenters. The predicted molar refractivity (Wildman–Crippen MR) is 54.2 cm³/mol. The average Bonchev–Trinajstić information content (AvgIpc) is 2.08. The van der Waals surface area contributed by atoms with Crippen molar-refractivity contribution in [1.82, 2.24) is 4.90 Å². The zero-order valence-electron chi connectivity index (χ0n) is 7.97. The third-order valence-electron chi connectivity index (χ3n) is 1.83. The van der Waals surface area contributed by atoms with Crippen LogP contribution in [0.1, 0.15) is 15.9 Å². The summed E-state index contributed by atoms with van der Waals surface area (Å²) in [7, 11) is 3.42. The summed E-state index contributed by atoms with van der Waals surface area (Å²) in [6.07, 6.45) is 0. The molecule has 0 aliphatic heterocycles. The van der Waals surface area contributed by atoms with Crippen LogP contribution in [0.2, 0.25) is 5.02 Å². The molecule has 2 nitrogen and oxygen atoms in total. The summed E-state index contributed by atoms with van der Waals surface area (Å²) in [6, 6.07) is 5.45. The van der Waals surface area contributed by atoms with Crippen molar-refractivity contribution in [3.63, 3.8) is 0 Å². The number of rotatable bonds is 1. The maximum absolute atomic E-state index is 11.6. The highest BCUT2D eigenvalue weighted by Crippen LogP contribution is 2.20. The van der Waals surface area contributed by atoms with Gasteiger partial charge in [0, 0.05) is 14.1 Å². The Bertz CT molecular complexity index is 334. The van der Waals surface area contributed by atoms with E-state index in [1.807, 2.05) is 19.1 Å². The second kappa shape index (κ2) is 3.79. The van der Waals surface area contributed by atoms with Gasteiger partial charge in [-0.1, -0.05) is 23.7 Å². The quantitative estimate of drug-likeness (QED) is 0.677. The highest BCUT2D eigenvalue weighted by atomic mass is 35.5. The lowest BCUT2D eigenvalue weighted by Crippen LogP contribution is -2.22. The van der Waals surface area contributed by atoms with Crippen LogP contribution in [0.25, 0.3) is 0 Å². The van der Waals surface area contributed by atoms with E-state index >= 15 is 0 Å². The molecule has 1 amide bonds. The molecule has 0 aliphatic rings. The normalized spacial score (nSPS) is 9.85. The van der Waals surface area contributed by atoms with Crippen LogP contribution in [0.3, 0.4) is 0 Å². The second-order valence-electron chi connectivity index (χ2n) is 3.14. The van der Waals surface area contributed by atoms with Gasteiger partial charge in [-0.15, -0.1) is 0 Å². The van der Waals surface area contributed by atoms with E-state index in [9.17, 15) is 4.79 Å². The monoisotopic (exact) mass is 197 g/mol.